The highest BCUT2D eigenvalue weighted by atomic mass is 16.6. The number of ether oxygens (including phenoxy) is 3. The first-order chi connectivity index (χ1) is 33.5. The molecule has 6 nitrogen and oxygen atoms in total. The summed E-state index contributed by atoms with van der Waals surface area (Å²) < 4.78 is 16.9. The monoisotopic (exact) mass is 953 g/mol. The van der Waals surface area contributed by atoms with Crippen molar-refractivity contribution in [3.8, 4) is 0 Å². The van der Waals surface area contributed by atoms with Gasteiger partial charge in [0.2, 0.25) is 0 Å². The fourth-order valence-corrected chi connectivity index (χ4v) is 8.54. The van der Waals surface area contributed by atoms with Gasteiger partial charge in [-0.05, 0) is 96.3 Å². The zero-order valence-electron chi connectivity index (χ0n) is 45.4. The smallest absolute Gasteiger partial charge is 0.306 e. The van der Waals surface area contributed by atoms with E-state index in [-0.39, 0.29) is 31.1 Å². The van der Waals surface area contributed by atoms with Crippen LogP contribution in [0.25, 0.3) is 0 Å². The Morgan fingerprint density at radius 2 is 0.529 bits per heavy atom. The average Bonchev–Trinajstić information content (AvgIpc) is 3.34. The lowest BCUT2D eigenvalue weighted by molar-refractivity contribution is -0.167. The summed E-state index contributed by atoms with van der Waals surface area (Å²) in [6, 6.07) is 0. The Labute approximate surface area is 422 Å². The third-order valence-electron chi connectivity index (χ3n) is 13.1. The van der Waals surface area contributed by atoms with Crippen LogP contribution in [0.1, 0.15) is 310 Å². The largest absolute Gasteiger partial charge is 0.462 e. The predicted molar refractivity (Wildman–Crippen MR) is 293 cm³/mol. The molecular formula is C62H112O6. The molecule has 1 atom stereocenters. The molecule has 0 fully saturated rings. The molecule has 0 rings (SSSR count). The number of rotatable bonds is 54. The number of hydrogen-bond acceptors (Lipinski definition) is 6. The molecule has 0 aromatic heterocycles. The lowest BCUT2D eigenvalue weighted by atomic mass is 10.1. The summed E-state index contributed by atoms with van der Waals surface area (Å²) in [6.45, 7) is 6.62. The Kier molecular flexibility index (Phi) is 54.8. The van der Waals surface area contributed by atoms with Gasteiger partial charge in [-0.1, -0.05) is 243 Å². The molecule has 0 amide bonds. The van der Waals surface area contributed by atoms with Gasteiger partial charge in [-0.3, -0.25) is 14.4 Å². The van der Waals surface area contributed by atoms with Crippen LogP contribution in [0.3, 0.4) is 0 Å². The average molecular weight is 954 g/mol. The van der Waals surface area contributed by atoms with E-state index in [0.717, 1.165) is 77.0 Å². The highest BCUT2D eigenvalue weighted by Gasteiger charge is 2.19. The second kappa shape index (κ2) is 57.0. The van der Waals surface area contributed by atoms with Gasteiger partial charge in [0.15, 0.2) is 6.10 Å². The third-order valence-corrected chi connectivity index (χ3v) is 13.1. The lowest BCUT2D eigenvalue weighted by Crippen LogP contribution is -2.30. The van der Waals surface area contributed by atoms with Crippen molar-refractivity contribution >= 4 is 17.9 Å². The van der Waals surface area contributed by atoms with Crippen molar-refractivity contribution in [1.29, 1.82) is 0 Å². The van der Waals surface area contributed by atoms with E-state index < -0.39 is 6.10 Å². The Morgan fingerprint density at radius 3 is 0.853 bits per heavy atom. The summed E-state index contributed by atoms with van der Waals surface area (Å²) >= 11 is 0. The number of esters is 3. The molecule has 0 aliphatic heterocycles. The van der Waals surface area contributed by atoms with Crippen LogP contribution < -0.4 is 0 Å². The van der Waals surface area contributed by atoms with Crippen LogP contribution in [-0.4, -0.2) is 37.2 Å². The molecule has 0 aliphatic rings. The van der Waals surface area contributed by atoms with Crippen LogP contribution in [0.15, 0.2) is 48.6 Å². The number of allylic oxidation sites excluding steroid dienone is 8. The van der Waals surface area contributed by atoms with E-state index in [4.69, 9.17) is 14.2 Å². The SMILES string of the molecule is CCCCC/C=C\C=C/CCCCCCCCC(=O)OCC(COC(=O)CCCCCCCCC/C=C\CCCCCCCCCC)OC(=O)CCCCCCC/C=C\CCCCCCCCC. The van der Waals surface area contributed by atoms with Gasteiger partial charge in [0.1, 0.15) is 13.2 Å². The standard InChI is InChI=1S/C62H112O6/c1-4-7-10-13-16-19-22-25-28-30-31-32-35-37-40-43-46-49-52-55-61(64)67-58-59(57-66-60(63)54-51-48-45-42-39-36-33-27-24-21-18-15-12-9-6-3)68-62(65)56-53-50-47-44-41-38-34-29-26-23-20-17-14-11-8-5-2/h18,21,24,27,29-31,34,59H,4-17,19-20,22-23,25-26,28,32-33,35-58H2,1-3H3/b21-18-,27-24-,31-30-,34-29-. The zero-order valence-corrected chi connectivity index (χ0v) is 45.4. The highest BCUT2D eigenvalue weighted by molar-refractivity contribution is 5.71. The summed E-state index contributed by atoms with van der Waals surface area (Å²) in [7, 11) is 0. The molecule has 0 saturated heterocycles. The van der Waals surface area contributed by atoms with Crippen LogP contribution >= 0.6 is 0 Å². The second-order valence-electron chi connectivity index (χ2n) is 19.9. The van der Waals surface area contributed by atoms with Gasteiger partial charge in [-0.2, -0.15) is 0 Å². The first-order valence-corrected chi connectivity index (χ1v) is 29.7. The van der Waals surface area contributed by atoms with Crippen molar-refractivity contribution in [2.45, 2.75) is 316 Å². The summed E-state index contributed by atoms with van der Waals surface area (Å²) in [5, 5.41) is 0. The molecule has 1 unspecified atom stereocenters. The Morgan fingerprint density at radius 1 is 0.294 bits per heavy atom. The minimum atomic E-state index is -0.784. The second-order valence-corrected chi connectivity index (χ2v) is 19.9. The molecule has 0 aliphatic carbocycles. The third kappa shape index (κ3) is 54.3. The van der Waals surface area contributed by atoms with Crippen molar-refractivity contribution in [2.24, 2.45) is 0 Å². The van der Waals surface area contributed by atoms with Gasteiger partial charge in [0, 0.05) is 19.3 Å². The fourth-order valence-electron chi connectivity index (χ4n) is 8.54. The van der Waals surface area contributed by atoms with E-state index in [1.807, 2.05) is 0 Å². The number of carbonyl (C=O) groups excluding carboxylic acids is 3. The molecule has 396 valence electrons. The van der Waals surface area contributed by atoms with Gasteiger partial charge in [-0.25, -0.2) is 0 Å². The van der Waals surface area contributed by atoms with Crippen LogP contribution in [0.2, 0.25) is 0 Å². The van der Waals surface area contributed by atoms with E-state index in [1.54, 1.807) is 0 Å². The van der Waals surface area contributed by atoms with Crippen molar-refractivity contribution in [3.63, 3.8) is 0 Å². The van der Waals surface area contributed by atoms with Crippen LogP contribution in [0.5, 0.6) is 0 Å². The molecular weight excluding hydrogens is 841 g/mol. The van der Waals surface area contributed by atoms with Gasteiger partial charge in [0.05, 0.1) is 0 Å². The lowest BCUT2D eigenvalue weighted by Gasteiger charge is -2.18. The topological polar surface area (TPSA) is 78.9 Å². The molecule has 0 N–H and O–H groups in total. The molecule has 0 heterocycles. The maximum atomic E-state index is 12.9. The molecule has 0 bridgehead atoms. The molecule has 6 heteroatoms. The predicted octanol–water partition coefficient (Wildman–Crippen LogP) is 19.8. The Balaban J connectivity index is 4.38. The summed E-state index contributed by atoms with van der Waals surface area (Å²) in [6.07, 6.45) is 69.5. The number of unbranched alkanes of at least 4 members (excludes halogenated alkanes) is 36. The van der Waals surface area contributed by atoms with E-state index in [0.29, 0.717) is 19.3 Å². The summed E-state index contributed by atoms with van der Waals surface area (Å²) in [5.74, 6) is -0.891. The molecule has 68 heavy (non-hydrogen) atoms. The maximum Gasteiger partial charge on any atom is 0.306 e. The van der Waals surface area contributed by atoms with E-state index in [2.05, 4.69) is 69.4 Å². The fraction of sp³-hybridized carbons (Fsp3) is 0.823. The molecule has 0 radical (unpaired) electrons. The van der Waals surface area contributed by atoms with Crippen LogP contribution in [-0.2, 0) is 28.6 Å². The maximum absolute atomic E-state index is 12.9. The zero-order chi connectivity index (χ0) is 49.3. The van der Waals surface area contributed by atoms with Crippen molar-refractivity contribution < 1.29 is 28.6 Å². The van der Waals surface area contributed by atoms with Gasteiger partial charge in [-0.15, -0.1) is 0 Å². The first-order valence-electron chi connectivity index (χ1n) is 29.7. The van der Waals surface area contributed by atoms with Crippen molar-refractivity contribution in [1.82, 2.24) is 0 Å². The number of carbonyl (C=O) groups is 3. The van der Waals surface area contributed by atoms with Crippen LogP contribution in [0.4, 0.5) is 0 Å². The highest BCUT2D eigenvalue weighted by Crippen LogP contribution is 2.15. The summed E-state index contributed by atoms with van der Waals surface area (Å²) in [4.78, 5) is 38.2. The minimum Gasteiger partial charge on any atom is -0.462 e. The van der Waals surface area contributed by atoms with Gasteiger partial charge >= 0.3 is 17.9 Å². The Hall–Kier alpha value is -2.63. The molecule has 0 aromatic carbocycles. The van der Waals surface area contributed by atoms with Crippen molar-refractivity contribution in [2.75, 3.05) is 13.2 Å². The molecule has 0 aromatic rings. The van der Waals surface area contributed by atoms with E-state index in [9.17, 15) is 14.4 Å². The van der Waals surface area contributed by atoms with Crippen molar-refractivity contribution in [3.05, 3.63) is 48.6 Å². The van der Waals surface area contributed by atoms with Gasteiger partial charge in [0.25, 0.3) is 0 Å². The van der Waals surface area contributed by atoms with Gasteiger partial charge < -0.3 is 14.2 Å². The number of hydrogen-bond donors (Lipinski definition) is 0. The first kappa shape index (κ1) is 65.4. The normalized spacial score (nSPS) is 12.3. The summed E-state index contributed by atoms with van der Waals surface area (Å²) in [5.41, 5.74) is 0. The van der Waals surface area contributed by atoms with Crippen LogP contribution in [0, 0.1) is 0 Å². The minimum absolute atomic E-state index is 0.0810. The molecule has 0 spiro atoms. The molecule has 0 saturated carbocycles. The Bertz CT molecular complexity index is 1190. The quantitative estimate of drug-likeness (QED) is 0.0199. The van der Waals surface area contributed by atoms with E-state index in [1.165, 1.54) is 193 Å². The van der Waals surface area contributed by atoms with E-state index >= 15 is 0 Å².